The van der Waals surface area contributed by atoms with Gasteiger partial charge < -0.3 is 10.5 Å². The fourth-order valence-corrected chi connectivity index (χ4v) is 2.57. The molecule has 0 saturated heterocycles. The Kier molecular flexibility index (Phi) is 4.52. The number of para-hydroxylation sites is 1. The zero-order valence-corrected chi connectivity index (χ0v) is 13.4. The number of pyridine rings is 1. The molecule has 2 heterocycles. The molecule has 0 radical (unpaired) electrons. The Morgan fingerprint density at radius 2 is 1.96 bits per heavy atom. The van der Waals surface area contributed by atoms with Crippen LogP contribution in [0.1, 0.15) is 19.0 Å². The van der Waals surface area contributed by atoms with E-state index in [9.17, 15) is 0 Å². The Labute approximate surface area is 139 Å². The minimum absolute atomic E-state index is 0.00861. The Bertz CT molecular complexity index is 917. The van der Waals surface area contributed by atoms with Gasteiger partial charge in [-0.1, -0.05) is 25.5 Å². The summed E-state index contributed by atoms with van der Waals surface area (Å²) in [4.78, 5) is 13.3. The molecule has 0 atom stereocenters. The molecule has 3 aromatic rings. The minimum atomic E-state index is -0.00861. The van der Waals surface area contributed by atoms with Gasteiger partial charge in [-0.3, -0.25) is 0 Å². The van der Waals surface area contributed by atoms with Gasteiger partial charge in [0.1, 0.15) is 17.3 Å². The van der Waals surface area contributed by atoms with Crippen LogP contribution < -0.4 is 10.5 Å². The van der Waals surface area contributed by atoms with Crippen molar-refractivity contribution < 1.29 is 4.74 Å². The molecule has 2 N–H and O–H groups in total. The summed E-state index contributed by atoms with van der Waals surface area (Å²) in [6.45, 7) is 2.07. The highest BCUT2D eigenvalue weighted by molar-refractivity contribution is 5.82. The number of hydrogen-bond acceptors (Lipinski definition) is 6. The number of benzene rings is 1. The van der Waals surface area contributed by atoms with E-state index in [-0.39, 0.29) is 12.6 Å². The van der Waals surface area contributed by atoms with E-state index in [4.69, 9.17) is 20.7 Å². The van der Waals surface area contributed by atoms with Crippen LogP contribution in [0.15, 0.2) is 36.4 Å². The standard InChI is InChI=1S/C18H17N5O/c1-2-5-14-17-15(23-18(20)22-14)9-8-13(21-17)12-6-3-4-7-16(12)24-11-10-19/h3-4,6-9H,2,5,11H2,1H3,(H2,20,22,23). The molecule has 3 rings (SSSR count). The molecule has 0 aliphatic rings. The van der Waals surface area contributed by atoms with Gasteiger partial charge in [0.15, 0.2) is 6.61 Å². The van der Waals surface area contributed by atoms with Crippen molar-refractivity contribution in [3.63, 3.8) is 0 Å². The summed E-state index contributed by atoms with van der Waals surface area (Å²) in [5.41, 5.74) is 9.68. The van der Waals surface area contributed by atoms with Gasteiger partial charge in [-0.25, -0.2) is 15.0 Å². The molecule has 0 aliphatic carbocycles. The number of nitrogens with two attached hydrogens (primary N) is 1. The average Bonchev–Trinajstić information content (AvgIpc) is 2.60. The van der Waals surface area contributed by atoms with Gasteiger partial charge in [0, 0.05) is 5.56 Å². The van der Waals surface area contributed by atoms with Crippen molar-refractivity contribution >= 4 is 17.0 Å². The second-order valence-corrected chi connectivity index (χ2v) is 5.29. The Balaban J connectivity index is 2.13. The highest BCUT2D eigenvalue weighted by atomic mass is 16.5. The normalized spacial score (nSPS) is 10.5. The first-order valence-corrected chi connectivity index (χ1v) is 7.75. The van der Waals surface area contributed by atoms with Crippen molar-refractivity contribution in [1.29, 1.82) is 5.26 Å². The first-order chi connectivity index (χ1) is 11.7. The third kappa shape index (κ3) is 3.10. The van der Waals surface area contributed by atoms with Crippen LogP contribution in [0, 0.1) is 11.3 Å². The van der Waals surface area contributed by atoms with E-state index in [1.807, 2.05) is 42.5 Å². The third-order valence-corrected chi connectivity index (χ3v) is 3.57. The average molecular weight is 319 g/mol. The maximum absolute atomic E-state index is 8.73. The number of hydrogen-bond donors (Lipinski definition) is 1. The molecule has 6 heteroatoms. The first kappa shape index (κ1) is 15.7. The van der Waals surface area contributed by atoms with Crippen LogP contribution in [0.3, 0.4) is 0 Å². The van der Waals surface area contributed by atoms with E-state index in [2.05, 4.69) is 16.9 Å². The predicted molar refractivity (Wildman–Crippen MR) is 92.3 cm³/mol. The summed E-state index contributed by atoms with van der Waals surface area (Å²) in [5, 5.41) is 8.73. The Morgan fingerprint density at radius 3 is 2.75 bits per heavy atom. The molecule has 0 aliphatic heterocycles. The minimum Gasteiger partial charge on any atom is -0.478 e. The van der Waals surface area contributed by atoms with Crippen LogP contribution in [-0.2, 0) is 6.42 Å². The van der Waals surface area contributed by atoms with Crippen LogP contribution in [-0.4, -0.2) is 21.6 Å². The second kappa shape index (κ2) is 6.92. The molecule has 0 bridgehead atoms. The zero-order chi connectivity index (χ0) is 16.9. The molecule has 6 nitrogen and oxygen atoms in total. The zero-order valence-electron chi connectivity index (χ0n) is 13.4. The van der Waals surface area contributed by atoms with E-state index in [1.54, 1.807) is 0 Å². The molecule has 0 fully saturated rings. The van der Waals surface area contributed by atoms with Gasteiger partial charge in [0.25, 0.3) is 0 Å². The molecule has 0 unspecified atom stereocenters. The molecule has 1 aromatic carbocycles. The first-order valence-electron chi connectivity index (χ1n) is 7.75. The van der Waals surface area contributed by atoms with Crippen LogP contribution in [0.4, 0.5) is 5.95 Å². The Hall–Kier alpha value is -3.20. The van der Waals surface area contributed by atoms with Crippen molar-refractivity contribution in [3.05, 3.63) is 42.1 Å². The van der Waals surface area contributed by atoms with Crippen molar-refractivity contribution in [1.82, 2.24) is 15.0 Å². The fraction of sp³-hybridized carbons (Fsp3) is 0.222. The smallest absolute Gasteiger partial charge is 0.220 e. The highest BCUT2D eigenvalue weighted by Crippen LogP contribution is 2.30. The van der Waals surface area contributed by atoms with Gasteiger partial charge in [-0.05, 0) is 30.7 Å². The quantitative estimate of drug-likeness (QED) is 0.776. The van der Waals surface area contributed by atoms with E-state index in [0.717, 1.165) is 40.8 Å². The van der Waals surface area contributed by atoms with Crippen LogP contribution in [0.2, 0.25) is 0 Å². The lowest BCUT2D eigenvalue weighted by Crippen LogP contribution is -2.03. The highest BCUT2D eigenvalue weighted by Gasteiger charge is 2.12. The molecule has 0 amide bonds. The summed E-state index contributed by atoms with van der Waals surface area (Å²) in [5.74, 6) is 0.887. The number of rotatable bonds is 5. The summed E-state index contributed by atoms with van der Waals surface area (Å²) in [6, 6.07) is 13.3. The van der Waals surface area contributed by atoms with E-state index in [0.29, 0.717) is 5.75 Å². The van der Waals surface area contributed by atoms with Gasteiger partial charge >= 0.3 is 0 Å². The fourth-order valence-electron chi connectivity index (χ4n) is 2.57. The van der Waals surface area contributed by atoms with Gasteiger partial charge in [-0.2, -0.15) is 5.26 Å². The number of fused-ring (bicyclic) bond motifs is 1. The van der Waals surface area contributed by atoms with E-state index < -0.39 is 0 Å². The maximum atomic E-state index is 8.73. The summed E-state index contributed by atoms with van der Waals surface area (Å²) >= 11 is 0. The number of nitrogens with zero attached hydrogens (tertiary/aromatic N) is 4. The largest absolute Gasteiger partial charge is 0.478 e. The lowest BCUT2D eigenvalue weighted by Gasteiger charge is -2.10. The molecule has 120 valence electrons. The lowest BCUT2D eigenvalue weighted by atomic mass is 10.1. The number of ether oxygens (including phenoxy) is 1. The van der Waals surface area contributed by atoms with Gasteiger partial charge in [-0.15, -0.1) is 0 Å². The number of nitrogen functional groups attached to an aromatic ring is 1. The van der Waals surface area contributed by atoms with E-state index >= 15 is 0 Å². The molecule has 2 aromatic heterocycles. The monoisotopic (exact) mass is 319 g/mol. The molecule has 0 saturated carbocycles. The van der Waals surface area contributed by atoms with E-state index in [1.165, 1.54) is 0 Å². The summed E-state index contributed by atoms with van der Waals surface area (Å²) < 4.78 is 5.50. The van der Waals surface area contributed by atoms with Crippen molar-refractivity contribution in [3.8, 4) is 23.1 Å². The number of aromatic nitrogens is 3. The number of nitriles is 1. The number of aryl methyl sites for hydroxylation is 1. The SMILES string of the molecule is CCCc1nc(N)nc2ccc(-c3ccccc3OCC#N)nc12. The molecular weight excluding hydrogens is 302 g/mol. The second-order valence-electron chi connectivity index (χ2n) is 5.29. The topological polar surface area (TPSA) is 97.7 Å². The lowest BCUT2D eigenvalue weighted by molar-refractivity contribution is 0.369. The van der Waals surface area contributed by atoms with Crippen molar-refractivity contribution in [2.75, 3.05) is 12.3 Å². The summed E-state index contributed by atoms with van der Waals surface area (Å²) in [7, 11) is 0. The molecular formula is C18H17N5O. The van der Waals surface area contributed by atoms with Crippen LogP contribution >= 0.6 is 0 Å². The maximum Gasteiger partial charge on any atom is 0.220 e. The number of anilines is 1. The third-order valence-electron chi connectivity index (χ3n) is 3.57. The van der Waals surface area contributed by atoms with Gasteiger partial charge in [0.05, 0.1) is 16.9 Å². The Morgan fingerprint density at radius 1 is 1.12 bits per heavy atom. The van der Waals surface area contributed by atoms with Crippen molar-refractivity contribution in [2.45, 2.75) is 19.8 Å². The van der Waals surface area contributed by atoms with Gasteiger partial charge in [0.2, 0.25) is 5.95 Å². The molecule has 24 heavy (non-hydrogen) atoms. The van der Waals surface area contributed by atoms with Crippen molar-refractivity contribution in [2.24, 2.45) is 0 Å². The molecule has 0 spiro atoms. The summed E-state index contributed by atoms with van der Waals surface area (Å²) in [6.07, 6.45) is 1.73. The predicted octanol–water partition coefficient (Wildman–Crippen LogP) is 3.13. The van der Waals surface area contributed by atoms with Crippen LogP contribution in [0.25, 0.3) is 22.3 Å². The van der Waals surface area contributed by atoms with Crippen LogP contribution in [0.5, 0.6) is 5.75 Å².